The average molecular weight is 722 g/mol. The normalized spacial score (nSPS) is 12.7. The van der Waals surface area contributed by atoms with Gasteiger partial charge in [-0.25, -0.2) is 11.6 Å². The van der Waals surface area contributed by atoms with Crippen molar-refractivity contribution >= 4 is 64.3 Å². The second-order valence-corrected chi connectivity index (χ2v) is 12.9. The van der Waals surface area contributed by atoms with Crippen LogP contribution < -0.4 is 24.8 Å². The van der Waals surface area contributed by atoms with E-state index in [1.54, 1.807) is 0 Å². The van der Waals surface area contributed by atoms with Gasteiger partial charge in [-0.15, -0.1) is 46.7 Å². The summed E-state index contributed by atoms with van der Waals surface area (Å²) in [4.78, 5) is 0. The Kier molecular flexibility index (Phi) is 15.6. The van der Waals surface area contributed by atoms with E-state index in [1.807, 2.05) is 42.5 Å². The Bertz CT molecular complexity index is 1670. The average Bonchev–Trinajstić information content (AvgIpc) is 3.56. The van der Waals surface area contributed by atoms with Crippen molar-refractivity contribution in [1.82, 2.24) is 0 Å². The topological polar surface area (TPSA) is 0 Å². The van der Waals surface area contributed by atoms with Gasteiger partial charge in [-0.2, -0.15) is 6.08 Å². The molecule has 0 fully saturated rings. The van der Waals surface area contributed by atoms with E-state index in [0.717, 1.165) is 21.2 Å². The molecule has 5 aromatic rings. The van der Waals surface area contributed by atoms with Crippen molar-refractivity contribution in [3.05, 3.63) is 160 Å². The molecule has 0 radical (unpaired) electrons. The van der Waals surface area contributed by atoms with Crippen LogP contribution >= 0.6 is 23.2 Å². The number of halogens is 4. The molecule has 0 saturated heterocycles. The van der Waals surface area contributed by atoms with Crippen LogP contribution in [0.15, 0.2) is 122 Å². The summed E-state index contributed by atoms with van der Waals surface area (Å²) in [6.07, 6.45) is 11.1. The summed E-state index contributed by atoms with van der Waals surface area (Å²) in [5, 5.41) is 6.73. The molecule has 1 unspecified atom stereocenters. The monoisotopic (exact) mass is 718 g/mol. The van der Waals surface area contributed by atoms with Gasteiger partial charge >= 0.3 is 123 Å². The Hall–Kier alpha value is -2.51. The van der Waals surface area contributed by atoms with Gasteiger partial charge < -0.3 is 24.8 Å². The van der Waals surface area contributed by atoms with Crippen molar-refractivity contribution < 1.29 is 47.1 Å². The van der Waals surface area contributed by atoms with Gasteiger partial charge in [0.25, 0.3) is 0 Å². The summed E-state index contributed by atoms with van der Waals surface area (Å²) >= 11 is 11.0. The largest absolute Gasteiger partial charge is 1.00 e. The molecule has 0 saturated carbocycles. The first-order chi connectivity index (χ1) is 19.8. The van der Waals surface area contributed by atoms with E-state index >= 15 is 0 Å². The van der Waals surface area contributed by atoms with Crippen molar-refractivity contribution in [2.45, 2.75) is 13.8 Å². The maximum atomic E-state index is 5.84. The summed E-state index contributed by atoms with van der Waals surface area (Å²) < 4.78 is 4.66. The molecule has 0 N–H and O–H groups in total. The molecule has 6 rings (SSSR count). The third-order valence-corrected chi connectivity index (χ3v) is 9.52. The van der Waals surface area contributed by atoms with Crippen molar-refractivity contribution in [3.8, 4) is 0 Å². The predicted molar refractivity (Wildman–Crippen MR) is 181 cm³/mol. The Morgan fingerprint density at radius 2 is 1.12 bits per heavy atom. The fourth-order valence-electron chi connectivity index (χ4n) is 4.39. The molecule has 1 atom stereocenters. The van der Waals surface area contributed by atoms with Crippen LogP contribution in [-0.4, -0.2) is 7.42 Å². The summed E-state index contributed by atoms with van der Waals surface area (Å²) in [6.45, 7) is 11.9. The molecule has 0 bridgehead atoms. The molecule has 0 heterocycles. The Morgan fingerprint density at radius 1 is 0.698 bits per heavy atom. The van der Waals surface area contributed by atoms with Crippen LogP contribution in [0.1, 0.15) is 36.1 Å². The van der Waals surface area contributed by atoms with Crippen molar-refractivity contribution in [2.24, 2.45) is 5.92 Å². The second-order valence-electron chi connectivity index (χ2n) is 9.81. The second kappa shape index (κ2) is 18.3. The van der Waals surface area contributed by atoms with Crippen LogP contribution in [-0.2, 0) is 22.3 Å². The quantitative estimate of drug-likeness (QED) is 0.229. The number of benzene rings is 4. The molecule has 0 amide bonds. The van der Waals surface area contributed by atoms with Crippen LogP contribution in [0.3, 0.4) is 0 Å². The Balaban J connectivity index is 0.000000237. The molecule has 0 spiro atoms. The first kappa shape index (κ1) is 36.7. The molecule has 1 aliphatic rings. The number of allylic oxidation sites excluding steroid dienone is 4. The van der Waals surface area contributed by atoms with E-state index in [1.165, 1.54) is 38.2 Å². The minimum Gasteiger partial charge on any atom is -1.00 e. The van der Waals surface area contributed by atoms with Crippen molar-refractivity contribution in [2.75, 3.05) is 0 Å². The van der Waals surface area contributed by atoms with Crippen molar-refractivity contribution in [1.29, 1.82) is 0 Å². The minimum atomic E-state index is -0.623. The Morgan fingerprint density at radius 3 is 1.44 bits per heavy atom. The van der Waals surface area contributed by atoms with Gasteiger partial charge in [0.1, 0.15) is 0 Å². The SMILES string of the molecule is C=Cc1ccc2[cH-]c3ccc(C=C)cc3c2c1.CC1=CC(C)[C-]=C1.Clc1ccc([CH]=[Zr]=[CH]c2ccc(Cl)cc2)cc1.[Cl-].[Cl-]. The molecule has 220 valence electrons. The zero-order chi connectivity index (χ0) is 29.2. The third-order valence-electron chi connectivity index (χ3n) is 6.55. The van der Waals surface area contributed by atoms with Gasteiger partial charge in [-0.3, -0.25) is 6.08 Å². The van der Waals surface area contributed by atoms with Gasteiger partial charge in [0.2, 0.25) is 0 Å². The molecule has 0 aromatic heterocycles. The fraction of sp³-hybridized carbons (Fsp3) is 0.0789. The number of rotatable bonds is 4. The van der Waals surface area contributed by atoms with E-state index in [2.05, 4.69) is 113 Å². The summed E-state index contributed by atoms with van der Waals surface area (Å²) in [5.41, 5.74) is 6.17. The maximum Gasteiger partial charge on any atom is -1.00 e. The minimum absolute atomic E-state index is 0. The molecular weight excluding hydrogens is 689 g/mol. The molecule has 5 heteroatoms. The first-order valence-corrected chi connectivity index (χ1v) is 17.0. The number of hydrogen-bond acceptors (Lipinski definition) is 0. The predicted octanol–water partition coefficient (Wildman–Crippen LogP) is 5.02. The van der Waals surface area contributed by atoms with Crippen molar-refractivity contribution in [3.63, 3.8) is 0 Å². The van der Waals surface area contributed by atoms with Crippen LogP contribution in [0.4, 0.5) is 0 Å². The van der Waals surface area contributed by atoms with E-state index in [9.17, 15) is 0 Å². The number of hydrogen-bond donors (Lipinski definition) is 0. The van der Waals surface area contributed by atoms with Crippen LogP contribution in [0.25, 0.3) is 33.7 Å². The van der Waals surface area contributed by atoms with E-state index in [-0.39, 0.29) is 24.8 Å². The smallest absolute Gasteiger partial charge is 1.00 e. The van der Waals surface area contributed by atoms with Gasteiger partial charge in [0.05, 0.1) is 0 Å². The van der Waals surface area contributed by atoms with Crippen LogP contribution in [0.5, 0.6) is 0 Å². The van der Waals surface area contributed by atoms with Gasteiger partial charge in [-0.1, -0.05) is 62.4 Å². The summed E-state index contributed by atoms with van der Waals surface area (Å²) in [6, 6.07) is 31.0. The first-order valence-electron chi connectivity index (χ1n) is 13.4. The zero-order valence-electron chi connectivity index (χ0n) is 24.1. The van der Waals surface area contributed by atoms with Gasteiger partial charge in [0.15, 0.2) is 0 Å². The molecular formula is C38H32Cl4Zr-4. The Labute approximate surface area is 289 Å². The van der Waals surface area contributed by atoms with Gasteiger partial charge in [0, 0.05) is 0 Å². The number of fused-ring (bicyclic) bond motifs is 3. The van der Waals surface area contributed by atoms with E-state index < -0.39 is 22.3 Å². The molecule has 0 nitrogen and oxygen atoms in total. The van der Waals surface area contributed by atoms with E-state index in [4.69, 9.17) is 23.2 Å². The van der Waals surface area contributed by atoms with Gasteiger partial charge in [-0.05, 0) is 11.1 Å². The van der Waals surface area contributed by atoms with Crippen LogP contribution in [0, 0.1) is 12.0 Å². The molecule has 43 heavy (non-hydrogen) atoms. The molecule has 0 aliphatic heterocycles. The summed E-state index contributed by atoms with van der Waals surface area (Å²) in [5.74, 6) is 0.556. The zero-order valence-corrected chi connectivity index (χ0v) is 29.6. The van der Waals surface area contributed by atoms with Crippen LogP contribution in [0.2, 0.25) is 10.0 Å². The molecule has 5 aromatic carbocycles. The maximum absolute atomic E-state index is 5.84. The standard InChI is InChI=1S/C17H13.2C7H5Cl.C7H9.2ClH.Zr/c1-3-12-5-7-14-11-15-8-6-13(4-2)10-17(15)16(14)9-12;2*1-6-2-4-7(8)5-3-6;1-6-3-4-7(2)5-6;;;/h3-11H,1-2H2;2*1-5H;3,5,7H,1-2H3;2*1H;/q-1;;;-1;;;/p-2. The molecule has 1 aliphatic carbocycles. The summed E-state index contributed by atoms with van der Waals surface area (Å²) in [7, 11) is 0. The fourth-order valence-corrected chi connectivity index (χ4v) is 6.74. The third kappa shape index (κ3) is 11.2. The van der Waals surface area contributed by atoms with E-state index in [0.29, 0.717) is 5.92 Å².